The number of carboxylic acid groups (broad SMARTS) is 1. The first-order valence-electron chi connectivity index (χ1n) is 4.12. The summed E-state index contributed by atoms with van der Waals surface area (Å²) in [5.41, 5.74) is 0.907. The van der Waals surface area contributed by atoms with Crippen molar-refractivity contribution in [1.82, 2.24) is 0 Å². The molecule has 0 aromatic heterocycles. The summed E-state index contributed by atoms with van der Waals surface area (Å²) in [6.07, 6.45) is 0. The highest BCUT2D eigenvalue weighted by Gasteiger charge is 2.19. The highest BCUT2D eigenvalue weighted by Crippen LogP contribution is 2.34. The van der Waals surface area contributed by atoms with Crippen LogP contribution in [0.15, 0.2) is 16.6 Å². The lowest BCUT2D eigenvalue weighted by Crippen LogP contribution is -2.20. The molecular formula is C9H9BrClNO3. The third-order valence-corrected chi connectivity index (χ3v) is 2.41. The summed E-state index contributed by atoms with van der Waals surface area (Å²) in [5, 5.41) is 12.0. The number of carboxylic acids is 1. The molecule has 0 unspecified atom stereocenters. The molecular weight excluding hydrogens is 285 g/mol. The second-order valence-electron chi connectivity index (χ2n) is 2.91. The number of aromatic carboxylic acids is 1. The standard InChI is InChI=1S/C9H8BrNO3.ClH/c10-5-3-6(9(12)13)8-7(4-5)11-1-2-14-8;/h3-4,11H,1-2H2,(H,12,13);1H. The van der Waals surface area contributed by atoms with E-state index >= 15 is 0 Å². The lowest BCUT2D eigenvalue weighted by Gasteiger charge is -2.20. The molecule has 1 aromatic rings. The van der Waals surface area contributed by atoms with E-state index in [9.17, 15) is 4.79 Å². The first kappa shape index (κ1) is 12.1. The van der Waals surface area contributed by atoms with E-state index in [-0.39, 0.29) is 18.0 Å². The van der Waals surface area contributed by atoms with Crippen LogP contribution in [-0.4, -0.2) is 24.2 Å². The minimum absolute atomic E-state index is 0. The minimum Gasteiger partial charge on any atom is -0.489 e. The van der Waals surface area contributed by atoms with Crippen LogP contribution in [-0.2, 0) is 0 Å². The molecule has 4 nitrogen and oxygen atoms in total. The van der Waals surface area contributed by atoms with Gasteiger partial charge in [-0.15, -0.1) is 12.4 Å². The average Bonchev–Trinajstić information content (AvgIpc) is 2.16. The molecule has 0 atom stereocenters. The molecule has 1 aliphatic heterocycles. The number of nitrogens with one attached hydrogen (secondary N) is 1. The quantitative estimate of drug-likeness (QED) is 0.835. The molecule has 0 amide bonds. The summed E-state index contributed by atoms with van der Waals surface area (Å²) in [5.74, 6) is -0.557. The average molecular weight is 295 g/mol. The predicted molar refractivity (Wildman–Crippen MR) is 62.3 cm³/mol. The third kappa shape index (κ3) is 2.35. The first-order valence-corrected chi connectivity index (χ1v) is 4.91. The van der Waals surface area contributed by atoms with Crippen molar-refractivity contribution in [3.63, 3.8) is 0 Å². The van der Waals surface area contributed by atoms with Crippen molar-refractivity contribution in [2.45, 2.75) is 0 Å². The molecule has 0 saturated carbocycles. The zero-order valence-electron chi connectivity index (χ0n) is 7.62. The highest BCUT2D eigenvalue weighted by atomic mass is 79.9. The van der Waals surface area contributed by atoms with Crippen LogP contribution in [0.3, 0.4) is 0 Å². The molecule has 1 heterocycles. The molecule has 1 aliphatic rings. The van der Waals surface area contributed by atoms with E-state index in [1.54, 1.807) is 6.07 Å². The number of rotatable bonds is 1. The summed E-state index contributed by atoms with van der Waals surface area (Å²) in [6.45, 7) is 1.19. The minimum atomic E-state index is -0.980. The number of hydrogen-bond acceptors (Lipinski definition) is 3. The van der Waals surface area contributed by atoms with E-state index in [0.29, 0.717) is 18.9 Å². The van der Waals surface area contributed by atoms with Gasteiger partial charge >= 0.3 is 5.97 Å². The van der Waals surface area contributed by atoms with Crippen LogP contribution in [0.2, 0.25) is 0 Å². The van der Waals surface area contributed by atoms with Gasteiger partial charge < -0.3 is 15.2 Å². The molecule has 0 aliphatic carbocycles. The van der Waals surface area contributed by atoms with E-state index in [4.69, 9.17) is 9.84 Å². The molecule has 15 heavy (non-hydrogen) atoms. The van der Waals surface area contributed by atoms with Gasteiger partial charge in [0.2, 0.25) is 0 Å². The maximum Gasteiger partial charge on any atom is 0.339 e. The summed E-state index contributed by atoms with van der Waals surface area (Å²) in [6, 6.07) is 3.34. The van der Waals surface area contributed by atoms with E-state index in [0.717, 1.165) is 10.2 Å². The Morgan fingerprint density at radius 1 is 1.53 bits per heavy atom. The van der Waals surface area contributed by atoms with Gasteiger partial charge in [-0.25, -0.2) is 4.79 Å². The Bertz CT molecular complexity index is 397. The topological polar surface area (TPSA) is 58.6 Å². The van der Waals surface area contributed by atoms with Gasteiger partial charge in [-0.3, -0.25) is 0 Å². The Hall–Kier alpha value is -0.940. The summed E-state index contributed by atoms with van der Waals surface area (Å²) in [4.78, 5) is 10.9. The monoisotopic (exact) mass is 293 g/mol. The number of anilines is 1. The van der Waals surface area contributed by atoms with Crippen LogP contribution in [0.4, 0.5) is 5.69 Å². The molecule has 82 valence electrons. The van der Waals surface area contributed by atoms with E-state index < -0.39 is 5.97 Å². The van der Waals surface area contributed by atoms with Gasteiger partial charge in [0.25, 0.3) is 0 Å². The fourth-order valence-corrected chi connectivity index (χ4v) is 1.84. The van der Waals surface area contributed by atoms with Crippen LogP contribution in [0.25, 0.3) is 0 Å². The van der Waals surface area contributed by atoms with E-state index in [1.165, 1.54) is 6.07 Å². The van der Waals surface area contributed by atoms with Crippen LogP contribution < -0.4 is 10.1 Å². The summed E-state index contributed by atoms with van der Waals surface area (Å²) < 4.78 is 6.04. The van der Waals surface area contributed by atoms with Gasteiger partial charge in [0, 0.05) is 11.0 Å². The van der Waals surface area contributed by atoms with Crippen molar-refractivity contribution in [2.75, 3.05) is 18.5 Å². The Morgan fingerprint density at radius 3 is 2.93 bits per heavy atom. The SMILES string of the molecule is Cl.O=C(O)c1cc(Br)cc2c1OCCN2. The molecule has 0 fully saturated rings. The van der Waals surface area contributed by atoms with Crippen molar-refractivity contribution in [3.05, 3.63) is 22.2 Å². The van der Waals surface area contributed by atoms with Gasteiger partial charge in [0.1, 0.15) is 12.2 Å². The zero-order valence-corrected chi connectivity index (χ0v) is 10.0. The maximum atomic E-state index is 10.9. The Balaban J connectivity index is 0.00000112. The lowest BCUT2D eigenvalue weighted by atomic mass is 10.1. The Morgan fingerprint density at radius 2 is 2.27 bits per heavy atom. The smallest absolute Gasteiger partial charge is 0.339 e. The number of carbonyl (C=O) groups is 1. The fraction of sp³-hybridized carbons (Fsp3) is 0.222. The second kappa shape index (κ2) is 4.72. The molecule has 1 aromatic carbocycles. The van der Waals surface area contributed by atoms with Gasteiger partial charge in [0.05, 0.1) is 5.69 Å². The number of halogens is 2. The summed E-state index contributed by atoms with van der Waals surface area (Å²) in [7, 11) is 0. The number of benzene rings is 1. The molecule has 2 N–H and O–H groups in total. The van der Waals surface area contributed by atoms with Crippen LogP contribution in [0, 0.1) is 0 Å². The van der Waals surface area contributed by atoms with Gasteiger partial charge in [-0.1, -0.05) is 15.9 Å². The highest BCUT2D eigenvalue weighted by molar-refractivity contribution is 9.10. The first-order chi connectivity index (χ1) is 6.68. The fourth-order valence-electron chi connectivity index (χ4n) is 1.38. The normalized spacial score (nSPS) is 12.9. The van der Waals surface area contributed by atoms with E-state index in [2.05, 4.69) is 21.2 Å². The number of fused-ring (bicyclic) bond motifs is 1. The molecule has 6 heteroatoms. The van der Waals surface area contributed by atoms with Crippen LogP contribution in [0.1, 0.15) is 10.4 Å². The van der Waals surface area contributed by atoms with Crippen molar-refractivity contribution in [1.29, 1.82) is 0 Å². The molecule has 0 radical (unpaired) electrons. The van der Waals surface area contributed by atoms with Crippen LogP contribution in [0.5, 0.6) is 5.75 Å². The maximum absolute atomic E-state index is 10.9. The number of hydrogen-bond donors (Lipinski definition) is 2. The molecule has 0 bridgehead atoms. The lowest BCUT2D eigenvalue weighted by molar-refractivity contribution is 0.0692. The van der Waals surface area contributed by atoms with Gasteiger partial charge in [-0.2, -0.15) is 0 Å². The third-order valence-electron chi connectivity index (χ3n) is 1.95. The Kier molecular flexibility index (Phi) is 3.82. The van der Waals surface area contributed by atoms with Crippen molar-refractivity contribution < 1.29 is 14.6 Å². The predicted octanol–water partition coefficient (Wildman–Crippen LogP) is 2.37. The van der Waals surface area contributed by atoms with Gasteiger partial charge in [0.15, 0.2) is 5.75 Å². The van der Waals surface area contributed by atoms with E-state index in [1.807, 2.05) is 0 Å². The number of ether oxygens (including phenoxy) is 1. The molecule has 2 rings (SSSR count). The summed E-state index contributed by atoms with van der Waals surface area (Å²) >= 11 is 3.25. The van der Waals surface area contributed by atoms with Crippen molar-refractivity contribution >= 4 is 40.0 Å². The molecule has 0 spiro atoms. The zero-order chi connectivity index (χ0) is 10.1. The van der Waals surface area contributed by atoms with Crippen LogP contribution >= 0.6 is 28.3 Å². The van der Waals surface area contributed by atoms with Gasteiger partial charge in [-0.05, 0) is 12.1 Å². The van der Waals surface area contributed by atoms with Crippen molar-refractivity contribution in [2.24, 2.45) is 0 Å². The Labute approximate surface area is 101 Å². The van der Waals surface area contributed by atoms with Crippen molar-refractivity contribution in [3.8, 4) is 5.75 Å². The second-order valence-corrected chi connectivity index (χ2v) is 3.83. The molecule has 0 saturated heterocycles. The largest absolute Gasteiger partial charge is 0.489 e.